The summed E-state index contributed by atoms with van der Waals surface area (Å²) in [6.45, 7) is 4.13. The second kappa shape index (κ2) is 9.47. The molecule has 0 unspecified atom stereocenters. The summed E-state index contributed by atoms with van der Waals surface area (Å²) in [6.07, 6.45) is 6.59. The Morgan fingerprint density at radius 1 is 1.00 bits per heavy atom. The van der Waals surface area contributed by atoms with Gasteiger partial charge in [0.15, 0.2) is 6.29 Å². The van der Waals surface area contributed by atoms with Gasteiger partial charge >= 0.3 is 0 Å². The van der Waals surface area contributed by atoms with Crippen molar-refractivity contribution in [1.82, 2.24) is 14.0 Å². The maximum atomic E-state index is 13.2. The molecule has 0 radical (unpaired) electrons. The van der Waals surface area contributed by atoms with Gasteiger partial charge in [0.25, 0.3) is 5.56 Å². The molecule has 2 aromatic heterocycles. The highest BCUT2D eigenvalue weighted by Crippen LogP contribution is 2.39. The minimum atomic E-state index is -0.176. The Morgan fingerprint density at radius 2 is 1.72 bits per heavy atom. The molecule has 1 saturated carbocycles. The molecule has 0 amide bonds. The van der Waals surface area contributed by atoms with Crippen LogP contribution < -0.4 is 10.5 Å². The molecule has 1 saturated heterocycles. The van der Waals surface area contributed by atoms with Crippen molar-refractivity contribution in [2.24, 2.45) is 5.92 Å². The minimum Gasteiger partial charge on any atom is -0.371 e. The van der Waals surface area contributed by atoms with Crippen LogP contribution in [0.4, 0.5) is 5.69 Å². The highest BCUT2D eigenvalue weighted by atomic mass is 79.9. The number of hydrogen-bond acceptors (Lipinski definition) is 5. The number of rotatable bonds is 5. The number of benzene rings is 2. The Hall–Kier alpha value is -2.42. The van der Waals surface area contributed by atoms with Gasteiger partial charge in [0.1, 0.15) is 0 Å². The second-order valence-corrected chi connectivity index (χ2v) is 11.1. The lowest BCUT2D eigenvalue weighted by molar-refractivity contribution is -0.141. The molecule has 2 fully saturated rings. The first kappa shape index (κ1) is 23.9. The van der Waals surface area contributed by atoms with E-state index in [0.29, 0.717) is 17.3 Å². The lowest BCUT2D eigenvalue weighted by Gasteiger charge is -2.36. The van der Waals surface area contributed by atoms with Gasteiger partial charge in [-0.1, -0.05) is 18.9 Å². The van der Waals surface area contributed by atoms with Gasteiger partial charge in [0.05, 0.1) is 21.9 Å². The Kier molecular flexibility index (Phi) is 6.30. The molecule has 0 N–H and O–H groups in total. The van der Waals surface area contributed by atoms with Crippen LogP contribution in [0, 0.1) is 12.8 Å². The number of piperidine rings is 1. The molecule has 7 nitrogen and oxygen atoms in total. The van der Waals surface area contributed by atoms with Crippen LogP contribution in [-0.4, -0.2) is 47.6 Å². The van der Waals surface area contributed by atoms with Gasteiger partial charge < -0.3 is 18.9 Å². The molecule has 6 rings (SSSR count). The number of hydrogen-bond donors (Lipinski definition) is 0. The highest BCUT2D eigenvalue weighted by Gasteiger charge is 2.29. The topological polar surface area (TPSA) is 61.0 Å². The molecule has 3 heterocycles. The number of aryl methyl sites for hydroxylation is 1. The lowest BCUT2D eigenvalue weighted by atomic mass is 9.95. The van der Waals surface area contributed by atoms with Gasteiger partial charge in [-0.3, -0.25) is 9.20 Å². The molecule has 36 heavy (non-hydrogen) atoms. The number of anilines is 1. The summed E-state index contributed by atoms with van der Waals surface area (Å²) in [5.74, 6) is 1.16. The molecule has 8 heteroatoms. The van der Waals surface area contributed by atoms with E-state index in [1.165, 1.54) is 24.1 Å². The molecule has 190 valence electrons. The smallest absolute Gasteiger partial charge is 0.283 e. The largest absolute Gasteiger partial charge is 0.371 e. The normalized spacial score (nSPS) is 18.0. The molecular formula is C28H33BrN4O3. The minimum absolute atomic E-state index is 0.142. The molecule has 4 aromatic rings. The van der Waals surface area contributed by atoms with Crippen LogP contribution in [-0.2, 0) is 9.47 Å². The monoisotopic (exact) mass is 552 g/mol. The standard InChI is InChI=1S/C28H33BrN4O3/c1-17-15-23-24(16-22(17)31-13-11-18(12-14-31)27(35-2)36-3)32(19-7-4-5-8-19)28-30-26(34)25-20(29)9-6-10-21(25)33(23)28/h6,9-10,15-16,18-19,27H,4-5,7-8,11-14H2,1-3H3. The van der Waals surface area contributed by atoms with Crippen molar-refractivity contribution in [3.8, 4) is 0 Å². The van der Waals surface area contributed by atoms with E-state index < -0.39 is 0 Å². The summed E-state index contributed by atoms with van der Waals surface area (Å²) < 4.78 is 16.4. The average molecular weight is 554 g/mol. The maximum Gasteiger partial charge on any atom is 0.283 e. The summed E-state index contributed by atoms with van der Waals surface area (Å²) in [5.41, 5.74) is 5.51. The number of imidazole rings is 1. The van der Waals surface area contributed by atoms with Crippen LogP contribution in [0.1, 0.15) is 50.1 Å². The number of methoxy groups -OCH3 is 2. The van der Waals surface area contributed by atoms with Crippen LogP contribution >= 0.6 is 15.9 Å². The number of fused-ring (bicyclic) bond motifs is 5. The second-order valence-electron chi connectivity index (χ2n) is 10.3. The van der Waals surface area contributed by atoms with Crippen molar-refractivity contribution in [3.05, 3.63) is 50.7 Å². The van der Waals surface area contributed by atoms with E-state index in [-0.39, 0.29) is 11.8 Å². The Labute approximate surface area is 219 Å². The third-order valence-electron chi connectivity index (χ3n) is 8.28. The fraction of sp³-hybridized carbons (Fsp3) is 0.500. The van der Waals surface area contributed by atoms with Gasteiger partial charge in [-0.15, -0.1) is 0 Å². The van der Waals surface area contributed by atoms with E-state index in [1.54, 1.807) is 14.2 Å². The molecule has 1 aliphatic carbocycles. The number of aromatic nitrogens is 3. The predicted octanol–water partition coefficient (Wildman–Crippen LogP) is 5.82. The summed E-state index contributed by atoms with van der Waals surface area (Å²) in [6, 6.07) is 10.9. The first-order chi connectivity index (χ1) is 17.5. The van der Waals surface area contributed by atoms with Crippen LogP contribution in [0.25, 0.3) is 27.7 Å². The highest BCUT2D eigenvalue weighted by molar-refractivity contribution is 9.10. The quantitative estimate of drug-likeness (QED) is 0.292. The molecule has 0 atom stereocenters. The van der Waals surface area contributed by atoms with E-state index in [9.17, 15) is 4.79 Å². The Balaban J connectivity index is 1.53. The molecular weight excluding hydrogens is 520 g/mol. The molecule has 2 aliphatic rings. The van der Waals surface area contributed by atoms with E-state index >= 15 is 0 Å². The van der Waals surface area contributed by atoms with Crippen LogP contribution in [0.15, 0.2) is 39.6 Å². The zero-order valence-electron chi connectivity index (χ0n) is 21.2. The van der Waals surface area contributed by atoms with Gasteiger partial charge in [-0.05, 0) is 78.4 Å². The number of ether oxygens (including phenoxy) is 2. The van der Waals surface area contributed by atoms with E-state index in [0.717, 1.165) is 65.6 Å². The summed E-state index contributed by atoms with van der Waals surface area (Å²) >= 11 is 3.59. The van der Waals surface area contributed by atoms with E-state index in [4.69, 9.17) is 9.47 Å². The van der Waals surface area contributed by atoms with Crippen molar-refractivity contribution < 1.29 is 9.47 Å². The lowest BCUT2D eigenvalue weighted by Crippen LogP contribution is -2.39. The third kappa shape index (κ3) is 3.76. The fourth-order valence-electron chi connectivity index (χ4n) is 6.52. The van der Waals surface area contributed by atoms with Crippen molar-refractivity contribution in [2.75, 3.05) is 32.2 Å². The fourth-order valence-corrected chi connectivity index (χ4v) is 7.05. The third-order valence-corrected chi connectivity index (χ3v) is 8.94. The van der Waals surface area contributed by atoms with Gasteiger partial charge in [-0.2, -0.15) is 4.98 Å². The SMILES string of the molecule is COC(OC)C1CCN(c2cc3c(cc2C)n2c4cccc(Br)c4c(=O)nc2n3C2CCCC2)CC1. The first-order valence-electron chi connectivity index (χ1n) is 13.0. The number of nitrogens with zero attached hydrogens (tertiary/aromatic N) is 4. The van der Waals surface area contributed by atoms with Crippen molar-refractivity contribution in [2.45, 2.75) is 57.8 Å². The Morgan fingerprint density at radius 3 is 2.42 bits per heavy atom. The van der Waals surface area contributed by atoms with E-state index in [2.05, 4.69) is 53.8 Å². The molecule has 1 aliphatic heterocycles. The first-order valence-corrected chi connectivity index (χ1v) is 13.8. The zero-order chi connectivity index (χ0) is 25.0. The van der Waals surface area contributed by atoms with Crippen LogP contribution in [0.5, 0.6) is 0 Å². The molecule has 0 spiro atoms. The predicted molar refractivity (Wildman–Crippen MR) is 147 cm³/mol. The Bertz CT molecular complexity index is 1490. The van der Waals surface area contributed by atoms with E-state index in [1.807, 2.05) is 18.2 Å². The summed E-state index contributed by atoms with van der Waals surface area (Å²) in [4.78, 5) is 20.3. The van der Waals surface area contributed by atoms with Crippen molar-refractivity contribution in [3.63, 3.8) is 0 Å². The van der Waals surface area contributed by atoms with Gasteiger partial charge in [0, 0.05) is 49.4 Å². The van der Waals surface area contributed by atoms with Crippen molar-refractivity contribution in [1.29, 1.82) is 0 Å². The average Bonchev–Trinajstić information content (AvgIpc) is 3.50. The van der Waals surface area contributed by atoms with Crippen LogP contribution in [0.2, 0.25) is 0 Å². The molecule has 2 aromatic carbocycles. The molecule has 0 bridgehead atoms. The maximum absolute atomic E-state index is 13.2. The summed E-state index contributed by atoms with van der Waals surface area (Å²) in [7, 11) is 3.45. The zero-order valence-corrected chi connectivity index (χ0v) is 22.8. The van der Waals surface area contributed by atoms with Gasteiger partial charge in [-0.25, -0.2) is 0 Å². The van der Waals surface area contributed by atoms with Crippen LogP contribution in [0.3, 0.4) is 0 Å². The number of halogens is 1. The summed E-state index contributed by atoms with van der Waals surface area (Å²) in [5, 5.41) is 0.634. The van der Waals surface area contributed by atoms with Gasteiger partial charge in [0.2, 0.25) is 5.78 Å². The van der Waals surface area contributed by atoms with Crippen molar-refractivity contribution >= 4 is 49.3 Å².